The van der Waals surface area contributed by atoms with Gasteiger partial charge in [-0.1, -0.05) is 24.3 Å². The number of quaternary nitrogens is 1. The van der Waals surface area contributed by atoms with Crippen LogP contribution < -0.4 is 20.9 Å². The van der Waals surface area contributed by atoms with Crippen molar-refractivity contribution in [3.8, 4) is 0 Å². The van der Waals surface area contributed by atoms with Crippen molar-refractivity contribution < 1.29 is 19.3 Å². The Labute approximate surface area is 171 Å². The summed E-state index contributed by atoms with van der Waals surface area (Å²) < 4.78 is 0. The number of likely N-dealkylation sites (N-methyl/N-ethyl adjacent to an activating group) is 2. The average Bonchev–Trinajstić information content (AvgIpc) is 2.68. The Kier molecular flexibility index (Phi) is 8.36. The van der Waals surface area contributed by atoms with Crippen LogP contribution in [0.15, 0.2) is 48.5 Å². The van der Waals surface area contributed by atoms with Crippen LogP contribution in [0.2, 0.25) is 0 Å². The monoisotopic (exact) mass is 397 g/mol. The van der Waals surface area contributed by atoms with Crippen molar-refractivity contribution in [3.05, 3.63) is 59.7 Å². The van der Waals surface area contributed by atoms with Gasteiger partial charge in [0.1, 0.15) is 0 Å². The van der Waals surface area contributed by atoms with Crippen molar-refractivity contribution in [2.45, 2.75) is 20.8 Å². The summed E-state index contributed by atoms with van der Waals surface area (Å²) in [7, 11) is 0. The van der Waals surface area contributed by atoms with Crippen molar-refractivity contribution in [2.24, 2.45) is 0 Å². The van der Waals surface area contributed by atoms with Crippen LogP contribution in [0.4, 0.5) is 11.4 Å². The van der Waals surface area contributed by atoms with E-state index in [0.29, 0.717) is 30.0 Å². The fourth-order valence-electron chi connectivity index (χ4n) is 2.93. The Bertz CT molecular complexity index is 867. The molecular formula is C22H29N4O3+. The predicted octanol–water partition coefficient (Wildman–Crippen LogP) is 1.23. The van der Waals surface area contributed by atoms with E-state index < -0.39 is 0 Å². The zero-order chi connectivity index (χ0) is 21.2. The molecule has 0 spiro atoms. The molecule has 7 nitrogen and oxygen atoms in total. The number of carbonyl (C=O) groups is 3. The highest BCUT2D eigenvalue weighted by Crippen LogP contribution is 2.18. The third-order valence-electron chi connectivity index (χ3n) is 4.42. The highest BCUT2D eigenvalue weighted by molar-refractivity contribution is 6.10. The van der Waals surface area contributed by atoms with E-state index in [2.05, 4.69) is 16.0 Å². The SMILES string of the molecule is CCNC(=O)C[NH+](CC)CC(=O)Nc1ccccc1C(=O)Nc1cccc(C)c1. The molecule has 0 aliphatic carbocycles. The normalized spacial score (nSPS) is 11.4. The molecule has 29 heavy (non-hydrogen) atoms. The van der Waals surface area contributed by atoms with E-state index in [-0.39, 0.29) is 30.8 Å². The fraction of sp³-hybridized carbons (Fsp3) is 0.318. The standard InChI is InChI=1S/C22H28N4O3/c1-4-23-20(27)14-26(5-2)15-21(28)25-19-12-7-6-11-18(19)22(29)24-17-10-8-9-16(3)13-17/h6-13H,4-5,14-15H2,1-3H3,(H,23,27)(H,24,29)(H,25,28)/p+1. The number of amides is 3. The molecule has 154 valence electrons. The van der Waals surface area contributed by atoms with Gasteiger partial charge in [-0.2, -0.15) is 0 Å². The van der Waals surface area contributed by atoms with E-state index in [9.17, 15) is 14.4 Å². The lowest BCUT2D eigenvalue weighted by atomic mass is 10.1. The number of para-hydroxylation sites is 1. The zero-order valence-corrected chi connectivity index (χ0v) is 17.2. The molecule has 2 aromatic carbocycles. The molecule has 7 heteroatoms. The number of aryl methyl sites for hydroxylation is 1. The third-order valence-corrected chi connectivity index (χ3v) is 4.42. The Balaban J connectivity index is 2.04. The third kappa shape index (κ3) is 7.04. The van der Waals surface area contributed by atoms with Crippen LogP contribution in [-0.4, -0.2) is 43.9 Å². The Morgan fingerprint density at radius 2 is 1.62 bits per heavy atom. The summed E-state index contributed by atoms with van der Waals surface area (Å²) in [5, 5.41) is 8.40. The maximum absolute atomic E-state index is 12.7. The van der Waals surface area contributed by atoms with E-state index in [4.69, 9.17) is 0 Å². The molecule has 0 saturated heterocycles. The van der Waals surface area contributed by atoms with Gasteiger partial charge in [0.25, 0.3) is 17.7 Å². The molecule has 0 heterocycles. The number of hydrogen-bond acceptors (Lipinski definition) is 3. The first-order valence-corrected chi connectivity index (χ1v) is 9.80. The first-order chi connectivity index (χ1) is 13.9. The second kappa shape index (κ2) is 11.0. The minimum atomic E-state index is -0.298. The van der Waals surface area contributed by atoms with Crippen molar-refractivity contribution in [3.63, 3.8) is 0 Å². The summed E-state index contributed by atoms with van der Waals surface area (Å²) in [6, 6.07) is 14.4. The van der Waals surface area contributed by atoms with Gasteiger partial charge in [0.05, 0.1) is 17.8 Å². The van der Waals surface area contributed by atoms with Crippen molar-refractivity contribution >= 4 is 29.1 Å². The smallest absolute Gasteiger partial charge is 0.279 e. The Hall–Kier alpha value is -3.19. The van der Waals surface area contributed by atoms with E-state index >= 15 is 0 Å². The lowest BCUT2D eigenvalue weighted by Gasteiger charge is -2.17. The fourth-order valence-corrected chi connectivity index (χ4v) is 2.93. The molecule has 0 aromatic heterocycles. The van der Waals surface area contributed by atoms with E-state index in [1.165, 1.54) is 0 Å². The lowest BCUT2D eigenvalue weighted by molar-refractivity contribution is -0.881. The topological polar surface area (TPSA) is 91.7 Å². The van der Waals surface area contributed by atoms with Crippen molar-refractivity contribution in [2.75, 3.05) is 36.8 Å². The van der Waals surface area contributed by atoms with Gasteiger partial charge in [-0.15, -0.1) is 0 Å². The number of anilines is 2. The highest BCUT2D eigenvalue weighted by atomic mass is 16.2. The van der Waals surface area contributed by atoms with Gasteiger partial charge in [-0.25, -0.2) is 0 Å². The molecule has 4 N–H and O–H groups in total. The second-order valence-corrected chi connectivity index (χ2v) is 6.83. The molecule has 1 unspecified atom stereocenters. The van der Waals surface area contributed by atoms with Crippen LogP contribution in [0.1, 0.15) is 29.8 Å². The molecule has 0 bridgehead atoms. The summed E-state index contributed by atoms with van der Waals surface area (Å²) in [5.41, 5.74) is 2.55. The predicted molar refractivity (Wildman–Crippen MR) is 114 cm³/mol. The van der Waals surface area contributed by atoms with Gasteiger partial charge in [-0.3, -0.25) is 14.4 Å². The molecule has 0 fully saturated rings. The van der Waals surface area contributed by atoms with Crippen LogP contribution in [0.3, 0.4) is 0 Å². The molecular weight excluding hydrogens is 368 g/mol. The van der Waals surface area contributed by atoms with Crippen LogP contribution in [0.5, 0.6) is 0 Å². The molecule has 3 amide bonds. The maximum atomic E-state index is 12.7. The number of rotatable bonds is 9. The summed E-state index contributed by atoms with van der Waals surface area (Å²) in [6.07, 6.45) is 0. The first kappa shape index (κ1) is 22.1. The minimum Gasteiger partial charge on any atom is -0.351 e. The van der Waals surface area contributed by atoms with E-state index in [0.717, 1.165) is 10.5 Å². The quantitative estimate of drug-likeness (QED) is 0.513. The van der Waals surface area contributed by atoms with Crippen molar-refractivity contribution in [1.82, 2.24) is 5.32 Å². The van der Waals surface area contributed by atoms with Gasteiger partial charge in [0.15, 0.2) is 13.1 Å². The summed E-state index contributed by atoms with van der Waals surface area (Å²) in [5.74, 6) is -0.634. The van der Waals surface area contributed by atoms with Crippen LogP contribution >= 0.6 is 0 Å². The van der Waals surface area contributed by atoms with Gasteiger partial charge in [0.2, 0.25) is 0 Å². The molecule has 0 radical (unpaired) electrons. The van der Waals surface area contributed by atoms with Gasteiger partial charge in [-0.05, 0) is 50.6 Å². The van der Waals surface area contributed by atoms with Crippen LogP contribution in [0.25, 0.3) is 0 Å². The number of benzene rings is 2. The molecule has 0 aliphatic heterocycles. The van der Waals surface area contributed by atoms with E-state index in [1.54, 1.807) is 24.3 Å². The van der Waals surface area contributed by atoms with Crippen LogP contribution in [0, 0.1) is 6.92 Å². The summed E-state index contributed by atoms with van der Waals surface area (Å²) in [4.78, 5) is 37.8. The molecule has 0 aliphatic rings. The van der Waals surface area contributed by atoms with E-state index in [1.807, 2.05) is 45.0 Å². The summed E-state index contributed by atoms with van der Waals surface area (Å²) in [6.45, 7) is 7.30. The van der Waals surface area contributed by atoms with Crippen molar-refractivity contribution in [1.29, 1.82) is 0 Å². The molecule has 0 saturated carbocycles. The van der Waals surface area contributed by atoms with Gasteiger partial charge >= 0.3 is 0 Å². The Morgan fingerprint density at radius 1 is 0.897 bits per heavy atom. The Morgan fingerprint density at radius 3 is 2.31 bits per heavy atom. The number of nitrogens with one attached hydrogen (secondary N) is 4. The second-order valence-electron chi connectivity index (χ2n) is 6.83. The summed E-state index contributed by atoms with van der Waals surface area (Å²) >= 11 is 0. The number of carbonyl (C=O) groups excluding carboxylic acids is 3. The first-order valence-electron chi connectivity index (χ1n) is 9.80. The van der Waals surface area contributed by atoms with Crippen LogP contribution in [-0.2, 0) is 9.59 Å². The largest absolute Gasteiger partial charge is 0.351 e. The zero-order valence-electron chi connectivity index (χ0n) is 17.2. The average molecular weight is 397 g/mol. The molecule has 1 atom stereocenters. The maximum Gasteiger partial charge on any atom is 0.279 e. The lowest BCUT2D eigenvalue weighted by Crippen LogP contribution is -3.14. The number of hydrogen-bond donors (Lipinski definition) is 4. The highest BCUT2D eigenvalue weighted by Gasteiger charge is 2.18. The van der Waals surface area contributed by atoms with Gasteiger partial charge in [0, 0.05) is 12.2 Å². The minimum absolute atomic E-state index is 0.0879. The molecule has 2 rings (SSSR count). The van der Waals surface area contributed by atoms with Gasteiger partial charge < -0.3 is 20.9 Å². The molecule has 2 aromatic rings.